The molecule has 0 heterocycles. The van der Waals surface area contributed by atoms with E-state index in [0.717, 1.165) is 22.1 Å². The highest BCUT2D eigenvalue weighted by Gasteiger charge is 2.10. The van der Waals surface area contributed by atoms with Gasteiger partial charge in [0, 0.05) is 12.6 Å². The van der Waals surface area contributed by atoms with Crippen molar-refractivity contribution in [1.82, 2.24) is 5.32 Å². The standard InChI is InChI=1S/C14H15NO3/c1-15-14(16)18-9-12-11-6-4-3-5-10(11)7-8-13(12)17-2/h3-8H,9H2,1-2H3,(H,15,16). The Morgan fingerprint density at radius 3 is 2.72 bits per heavy atom. The van der Waals surface area contributed by atoms with Gasteiger partial charge < -0.3 is 14.8 Å². The van der Waals surface area contributed by atoms with Crippen LogP contribution < -0.4 is 10.1 Å². The predicted octanol–water partition coefficient (Wildman–Crippen LogP) is 2.70. The number of hydrogen-bond donors (Lipinski definition) is 1. The van der Waals surface area contributed by atoms with Gasteiger partial charge in [0.2, 0.25) is 0 Å². The molecule has 0 unspecified atom stereocenters. The molecule has 0 saturated carbocycles. The average molecular weight is 245 g/mol. The fourth-order valence-electron chi connectivity index (χ4n) is 1.87. The lowest BCUT2D eigenvalue weighted by Gasteiger charge is -2.12. The van der Waals surface area contributed by atoms with Crippen LogP contribution in [0, 0.1) is 0 Å². The van der Waals surface area contributed by atoms with Crippen molar-refractivity contribution in [3.8, 4) is 5.75 Å². The molecule has 0 atom stereocenters. The number of nitrogens with one attached hydrogen (secondary N) is 1. The molecule has 0 saturated heterocycles. The molecule has 0 aromatic heterocycles. The van der Waals surface area contributed by atoms with Crippen LogP contribution in [0.15, 0.2) is 36.4 Å². The lowest BCUT2D eigenvalue weighted by molar-refractivity contribution is 0.141. The van der Waals surface area contributed by atoms with E-state index in [9.17, 15) is 4.79 Å². The van der Waals surface area contributed by atoms with Crippen LogP contribution in [-0.2, 0) is 11.3 Å². The van der Waals surface area contributed by atoms with Crippen LogP contribution in [-0.4, -0.2) is 20.3 Å². The molecule has 0 fully saturated rings. The molecule has 2 aromatic carbocycles. The van der Waals surface area contributed by atoms with Gasteiger partial charge in [-0.25, -0.2) is 4.79 Å². The Bertz CT molecular complexity index is 566. The summed E-state index contributed by atoms with van der Waals surface area (Å²) in [6.45, 7) is 0.185. The van der Waals surface area contributed by atoms with Gasteiger partial charge in [-0.05, 0) is 16.8 Å². The molecule has 0 bridgehead atoms. The molecular formula is C14H15NO3. The Labute approximate surface area is 106 Å². The highest BCUT2D eigenvalue weighted by Crippen LogP contribution is 2.28. The van der Waals surface area contributed by atoms with Gasteiger partial charge in [-0.2, -0.15) is 0 Å². The van der Waals surface area contributed by atoms with Crippen molar-refractivity contribution >= 4 is 16.9 Å². The third-order valence-electron chi connectivity index (χ3n) is 2.77. The molecule has 0 spiro atoms. The van der Waals surface area contributed by atoms with E-state index in [-0.39, 0.29) is 6.61 Å². The van der Waals surface area contributed by atoms with E-state index in [1.54, 1.807) is 7.11 Å². The van der Waals surface area contributed by atoms with Gasteiger partial charge in [0.1, 0.15) is 12.4 Å². The highest BCUT2D eigenvalue weighted by atomic mass is 16.5. The normalized spacial score (nSPS) is 10.1. The molecular weight excluding hydrogens is 230 g/mol. The Balaban J connectivity index is 2.41. The lowest BCUT2D eigenvalue weighted by atomic mass is 10.0. The van der Waals surface area contributed by atoms with Crippen molar-refractivity contribution in [2.24, 2.45) is 0 Å². The fourth-order valence-corrected chi connectivity index (χ4v) is 1.87. The van der Waals surface area contributed by atoms with Crippen molar-refractivity contribution in [2.75, 3.05) is 14.2 Å². The summed E-state index contributed by atoms with van der Waals surface area (Å²) in [7, 11) is 3.14. The van der Waals surface area contributed by atoms with Crippen molar-refractivity contribution in [2.45, 2.75) is 6.61 Å². The third-order valence-corrected chi connectivity index (χ3v) is 2.77. The first kappa shape index (κ1) is 12.2. The van der Waals surface area contributed by atoms with Crippen LogP contribution in [0.1, 0.15) is 5.56 Å². The minimum Gasteiger partial charge on any atom is -0.496 e. The van der Waals surface area contributed by atoms with E-state index >= 15 is 0 Å². The maximum Gasteiger partial charge on any atom is 0.407 e. The van der Waals surface area contributed by atoms with Crippen molar-refractivity contribution in [3.63, 3.8) is 0 Å². The van der Waals surface area contributed by atoms with Gasteiger partial charge in [-0.15, -0.1) is 0 Å². The Hall–Kier alpha value is -2.23. The van der Waals surface area contributed by atoms with Gasteiger partial charge >= 0.3 is 6.09 Å². The minimum atomic E-state index is -0.454. The van der Waals surface area contributed by atoms with E-state index in [0.29, 0.717) is 0 Å². The minimum absolute atomic E-state index is 0.185. The first-order valence-corrected chi connectivity index (χ1v) is 5.65. The molecule has 4 heteroatoms. The number of hydrogen-bond acceptors (Lipinski definition) is 3. The molecule has 0 aliphatic rings. The third kappa shape index (κ3) is 2.37. The van der Waals surface area contributed by atoms with Gasteiger partial charge in [0.15, 0.2) is 0 Å². The first-order chi connectivity index (χ1) is 8.76. The first-order valence-electron chi connectivity index (χ1n) is 5.65. The zero-order valence-electron chi connectivity index (χ0n) is 10.4. The highest BCUT2D eigenvalue weighted by molar-refractivity contribution is 5.87. The molecule has 0 aliphatic heterocycles. The summed E-state index contributed by atoms with van der Waals surface area (Å²) in [4.78, 5) is 11.1. The predicted molar refractivity (Wildman–Crippen MR) is 69.7 cm³/mol. The average Bonchev–Trinajstić information content (AvgIpc) is 2.44. The van der Waals surface area contributed by atoms with Crippen LogP contribution in [0.5, 0.6) is 5.75 Å². The topological polar surface area (TPSA) is 47.6 Å². The number of amides is 1. The molecule has 4 nitrogen and oxygen atoms in total. The van der Waals surface area contributed by atoms with Crippen LogP contribution in [0.3, 0.4) is 0 Å². The number of ether oxygens (including phenoxy) is 2. The molecule has 18 heavy (non-hydrogen) atoms. The van der Waals surface area contributed by atoms with Crippen LogP contribution in [0.2, 0.25) is 0 Å². The van der Waals surface area contributed by atoms with Gasteiger partial charge in [-0.1, -0.05) is 30.3 Å². The van der Waals surface area contributed by atoms with Gasteiger partial charge in [0.25, 0.3) is 0 Å². The second kappa shape index (κ2) is 5.40. The van der Waals surface area contributed by atoms with Crippen LogP contribution in [0.4, 0.5) is 4.79 Å². The Morgan fingerprint density at radius 2 is 2.00 bits per heavy atom. The van der Waals surface area contributed by atoms with Crippen LogP contribution in [0.25, 0.3) is 10.8 Å². The summed E-state index contributed by atoms with van der Waals surface area (Å²) in [5.41, 5.74) is 0.874. The summed E-state index contributed by atoms with van der Waals surface area (Å²) in [5, 5.41) is 4.54. The number of benzene rings is 2. The summed E-state index contributed by atoms with van der Waals surface area (Å²) in [5.74, 6) is 0.720. The SMILES string of the molecule is CNC(=O)OCc1c(OC)ccc2ccccc12. The van der Waals surface area contributed by atoms with Crippen molar-refractivity contribution in [3.05, 3.63) is 42.0 Å². The molecule has 1 N–H and O–H groups in total. The van der Waals surface area contributed by atoms with Crippen molar-refractivity contribution < 1.29 is 14.3 Å². The molecule has 94 valence electrons. The van der Waals surface area contributed by atoms with Crippen molar-refractivity contribution in [1.29, 1.82) is 0 Å². The number of methoxy groups -OCH3 is 1. The van der Waals surface area contributed by atoms with E-state index in [1.165, 1.54) is 7.05 Å². The zero-order chi connectivity index (χ0) is 13.0. The van der Waals surface area contributed by atoms with Gasteiger partial charge in [0.05, 0.1) is 7.11 Å². The Kier molecular flexibility index (Phi) is 3.67. The number of alkyl carbamates (subject to hydrolysis) is 1. The number of carbonyl (C=O) groups is 1. The van der Waals surface area contributed by atoms with Gasteiger partial charge in [-0.3, -0.25) is 0 Å². The second-order valence-corrected chi connectivity index (χ2v) is 3.79. The maximum atomic E-state index is 11.1. The largest absolute Gasteiger partial charge is 0.496 e. The number of fused-ring (bicyclic) bond motifs is 1. The van der Waals surface area contributed by atoms with E-state index < -0.39 is 6.09 Å². The summed E-state index contributed by atoms with van der Waals surface area (Å²) in [6.07, 6.45) is -0.454. The molecule has 1 amide bonds. The monoisotopic (exact) mass is 245 g/mol. The molecule has 2 rings (SSSR count). The maximum absolute atomic E-state index is 11.1. The summed E-state index contributed by atoms with van der Waals surface area (Å²) in [6, 6.07) is 11.8. The fraction of sp³-hybridized carbons (Fsp3) is 0.214. The number of carbonyl (C=O) groups excluding carboxylic acids is 1. The smallest absolute Gasteiger partial charge is 0.407 e. The quantitative estimate of drug-likeness (QED) is 0.904. The molecule has 0 aliphatic carbocycles. The summed E-state index contributed by atoms with van der Waals surface area (Å²) < 4.78 is 10.4. The van der Waals surface area contributed by atoms with E-state index in [4.69, 9.17) is 9.47 Å². The second-order valence-electron chi connectivity index (χ2n) is 3.79. The number of rotatable bonds is 3. The lowest BCUT2D eigenvalue weighted by Crippen LogP contribution is -2.19. The molecule has 0 radical (unpaired) electrons. The summed E-state index contributed by atoms with van der Waals surface area (Å²) >= 11 is 0. The van der Waals surface area contributed by atoms with E-state index in [1.807, 2.05) is 36.4 Å². The zero-order valence-corrected chi connectivity index (χ0v) is 10.4. The molecule has 2 aromatic rings. The Morgan fingerprint density at radius 1 is 1.22 bits per heavy atom. The van der Waals surface area contributed by atoms with E-state index in [2.05, 4.69) is 5.32 Å². The van der Waals surface area contributed by atoms with Crippen LogP contribution >= 0.6 is 0 Å².